The summed E-state index contributed by atoms with van der Waals surface area (Å²) in [5.74, 6) is 0.383. The molecule has 3 heterocycles. The Morgan fingerprint density at radius 2 is 2.20 bits per heavy atom. The lowest BCUT2D eigenvalue weighted by Crippen LogP contribution is -2.38. The Morgan fingerprint density at radius 3 is 3.12 bits per heavy atom. The molecule has 0 saturated carbocycles. The fourth-order valence-corrected chi connectivity index (χ4v) is 5.30. The van der Waals surface area contributed by atoms with Crippen molar-refractivity contribution in [3.63, 3.8) is 0 Å². The second kappa shape index (κ2) is 5.95. The van der Waals surface area contributed by atoms with Crippen LogP contribution in [0.15, 0.2) is 30.5 Å². The summed E-state index contributed by atoms with van der Waals surface area (Å²) in [5.41, 5.74) is 3.45. The van der Waals surface area contributed by atoms with Gasteiger partial charge in [0.15, 0.2) is 0 Å². The molecular formula is C19H20N4OS. The third-order valence-corrected chi connectivity index (χ3v) is 6.63. The quantitative estimate of drug-likeness (QED) is 0.768. The number of fused-ring (bicyclic) bond motifs is 2. The van der Waals surface area contributed by atoms with Crippen molar-refractivity contribution in [1.82, 2.24) is 20.1 Å². The van der Waals surface area contributed by atoms with Crippen molar-refractivity contribution < 1.29 is 4.79 Å². The number of nitrogens with one attached hydrogen (secondary N) is 1. The maximum atomic E-state index is 13.2. The van der Waals surface area contributed by atoms with Crippen molar-refractivity contribution in [2.45, 2.75) is 38.1 Å². The van der Waals surface area contributed by atoms with Gasteiger partial charge in [-0.25, -0.2) is 4.98 Å². The first-order chi connectivity index (χ1) is 12.3. The smallest absolute Gasteiger partial charge is 0.226 e. The Bertz CT molecular complexity index is 897. The summed E-state index contributed by atoms with van der Waals surface area (Å²) in [4.78, 5) is 20.1. The Morgan fingerprint density at radius 1 is 1.28 bits per heavy atom. The average Bonchev–Trinajstić information content (AvgIpc) is 3.37. The van der Waals surface area contributed by atoms with E-state index in [4.69, 9.17) is 4.98 Å². The topological polar surface area (TPSA) is 61.9 Å². The van der Waals surface area contributed by atoms with Crippen molar-refractivity contribution in [1.29, 1.82) is 0 Å². The standard InChI is InChI=1S/C19H20N4OS/c24-19(12-7-8-14-13(10-12)11-20-22-14)23-9-3-5-16(23)18-21-15-4-1-2-6-17(15)25-18/h1-2,4,6,11-12,16H,3,5,7-10H2,(H,20,22). The summed E-state index contributed by atoms with van der Waals surface area (Å²) in [6, 6.07) is 8.38. The van der Waals surface area contributed by atoms with Gasteiger partial charge in [0.1, 0.15) is 5.01 Å². The lowest BCUT2D eigenvalue weighted by atomic mass is 9.87. The Kier molecular flexibility index (Phi) is 3.59. The zero-order valence-corrected chi connectivity index (χ0v) is 14.8. The number of aromatic nitrogens is 3. The average molecular weight is 352 g/mol. The number of hydrogen-bond acceptors (Lipinski definition) is 4. The minimum absolute atomic E-state index is 0.0834. The number of carbonyl (C=O) groups is 1. The van der Waals surface area contributed by atoms with Gasteiger partial charge in [-0.2, -0.15) is 5.10 Å². The fraction of sp³-hybridized carbons (Fsp3) is 0.421. The zero-order valence-electron chi connectivity index (χ0n) is 13.9. The molecule has 128 valence electrons. The van der Waals surface area contributed by atoms with Gasteiger partial charge in [-0.3, -0.25) is 9.89 Å². The third kappa shape index (κ3) is 2.56. The Labute approximate surface area is 150 Å². The number of nitrogens with zero attached hydrogens (tertiary/aromatic N) is 3. The SMILES string of the molecule is O=C(C1CCc2[nH]ncc2C1)N1CCCC1c1nc2ccccc2s1. The molecule has 2 aromatic heterocycles. The molecule has 2 aliphatic rings. The van der Waals surface area contributed by atoms with Crippen LogP contribution in [0, 0.1) is 5.92 Å². The maximum Gasteiger partial charge on any atom is 0.226 e. The highest BCUT2D eigenvalue weighted by atomic mass is 32.1. The number of carbonyl (C=O) groups excluding carboxylic acids is 1. The molecule has 0 spiro atoms. The predicted octanol–water partition coefficient (Wildman–Crippen LogP) is 3.49. The van der Waals surface area contributed by atoms with Crippen LogP contribution in [0.5, 0.6) is 0 Å². The highest BCUT2D eigenvalue weighted by Gasteiger charge is 2.37. The van der Waals surface area contributed by atoms with Crippen LogP contribution in [0.1, 0.15) is 41.6 Å². The number of aryl methyl sites for hydroxylation is 1. The van der Waals surface area contributed by atoms with E-state index >= 15 is 0 Å². The van der Waals surface area contributed by atoms with E-state index in [1.807, 2.05) is 18.3 Å². The molecule has 25 heavy (non-hydrogen) atoms. The van der Waals surface area contributed by atoms with E-state index in [0.29, 0.717) is 5.91 Å². The van der Waals surface area contributed by atoms with E-state index in [9.17, 15) is 4.79 Å². The minimum atomic E-state index is 0.0834. The number of hydrogen-bond donors (Lipinski definition) is 1. The summed E-state index contributed by atoms with van der Waals surface area (Å²) < 4.78 is 1.21. The molecule has 0 bridgehead atoms. The third-order valence-electron chi connectivity index (χ3n) is 5.50. The first kappa shape index (κ1) is 15.1. The molecule has 5 nitrogen and oxygen atoms in total. The van der Waals surface area contributed by atoms with Crippen LogP contribution in [-0.4, -0.2) is 32.5 Å². The highest BCUT2D eigenvalue weighted by molar-refractivity contribution is 7.18. The molecular weight excluding hydrogens is 332 g/mol. The van der Waals surface area contributed by atoms with Crippen molar-refractivity contribution in [3.8, 4) is 0 Å². The number of amides is 1. The molecule has 1 N–H and O–H groups in total. The summed E-state index contributed by atoms with van der Waals surface area (Å²) in [6.07, 6.45) is 6.62. The van der Waals surface area contributed by atoms with Crippen LogP contribution >= 0.6 is 11.3 Å². The molecule has 0 radical (unpaired) electrons. The Balaban J connectivity index is 1.40. The summed E-state index contributed by atoms with van der Waals surface area (Å²) in [7, 11) is 0. The maximum absolute atomic E-state index is 13.2. The largest absolute Gasteiger partial charge is 0.333 e. The molecule has 1 aromatic carbocycles. The number of benzene rings is 1. The number of para-hydroxylation sites is 1. The molecule has 1 aliphatic heterocycles. The monoisotopic (exact) mass is 352 g/mol. The van der Waals surface area contributed by atoms with Gasteiger partial charge in [-0.1, -0.05) is 12.1 Å². The van der Waals surface area contributed by atoms with Crippen LogP contribution in [0.3, 0.4) is 0 Å². The molecule has 3 aromatic rings. The zero-order chi connectivity index (χ0) is 16.8. The first-order valence-corrected chi connectivity index (χ1v) is 9.78. The normalized spacial score (nSPS) is 23.1. The number of aromatic amines is 1. The van der Waals surface area contributed by atoms with Gasteiger partial charge in [0.2, 0.25) is 5.91 Å². The van der Waals surface area contributed by atoms with E-state index in [-0.39, 0.29) is 12.0 Å². The van der Waals surface area contributed by atoms with Gasteiger partial charge in [-0.05, 0) is 49.8 Å². The Hall–Kier alpha value is -2.21. The lowest BCUT2D eigenvalue weighted by Gasteiger charge is -2.29. The van der Waals surface area contributed by atoms with Crippen molar-refractivity contribution >= 4 is 27.5 Å². The first-order valence-electron chi connectivity index (χ1n) is 8.96. The molecule has 5 rings (SSSR count). The summed E-state index contributed by atoms with van der Waals surface area (Å²) in [5, 5.41) is 8.27. The van der Waals surface area contributed by atoms with Gasteiger partial charge >= 0.3 is 0 Å². The number of thiazole rings is 1. The van der Waals surface area contributed by atoms with E-state index in [2.05, 4.69) is 27.2 Å². The van der Waals surface area contributed by atoms with E-state index in [1.165, 1.54) is 16.0 Å². The van der Waals surface area contributed by atoms with Crippen LogP contribution in [0.2, 0.25) is 0 Å². The second-order valence-electron chi connectivity index (χ2n) is 7.02. The molecule has 6 heteroatoms. The fourth-order valence-electron chi connectivity index (χ4n) is 4.18. The van der Waals surface area contributed by atoms with Gasteiger partial charge < -0.3 is 4.90 Å². The second-order valence-corrected chi connectivity index (χ2v) is 8.09. The van der Waals surface area contributed by atoms with Crippen LogP contribution in [0.25, 0.3) is 10.2 Å². The van der Waals surface area contributed by atoms with Gasteiger partial charge in [0, 0.05) is 18.2 Å². The predicted molar refractivity (Wildman–Crippen MR) is 97.4 cm³/mol. The van der Waals surface area contributed by atoms with E-state index in [0.717, 1.165) is 49.2 Å². The van der Waals surface area contributed by atoms with Crippen molar-refractivity contribution in [2.24, 2.45) is 5.92 Å². The number of likely N-dealkylation sites (tertiary alicyclic amines) is 1. The molecule has 1 aliphatic carbocycles. The minimum Gasteiger partial charge on any atom is -0.333 e. The van der Waals surface area contributed by atoms with Gasteiger partial charge in [-0.15, -0.1) is 11.3 Å². The highest BCUT2D eigenvalue weighted by Crippen LogP contribution is 2.38. The molecule has 1 amide bonds. The lowest BCUT2D eigenvalue weighted by molar-refractivity contribution is -0.136. The van der Waals surface area contributed by atoms with Gasteiger partial charge in [0.05, 0.1) is 22.5 Å². The van der Waals surface area contributed by atoms with Crippen LogP contribution in [0.4, 0.5) is 0 Å². The molecule has 1 saturated heterocycles. The number of rotatable bonds is 2. The summed E-state index contributed by atoms with van der Waals surface area (Å²) >= 11 is 1.73. The van der Waals surface area contributed by atoms with Gasteiger partial charge in [0.25, 0.3) is 0 Å². The van der Waals surface area contributed by atoms with Crippen molar-refractivity contribution in [2.75, 3.05) is 6.54 Å². The van der Waals surface area contributed by atoms with E-state index in [1.54, 1.807) is 11.3 Å². The van der Waals surface area contributed by atoms with Crippen molar-refractivity contribution in [3.05, 3.63) is 46.7 Å². The molecule has 2 atom stereocenters. The number of H-pyrrole nitrogens is 1. The van der Waals surface area contributed by atoms with E-state index < -0.39 is 0 Å². The van der Waals surface area contributed by atoms with Crippen LogP contribution < -0.4 is 0 Å². The molecule has 1 fully saturated rings. The molecule has 2 unspecified atom stereocenters. The van der Waals surface area contributed by atoms with Crippen LogP contribution in [-0.2, 0) is 17.6 Å². The summed E-state index contributed by atoms with van der Waals surface area (Å²) in [6.45, 7) is 0.855.